The number of esters is 2. The van der Waals surface area contributed by atoms with E-state index in [-0.39, 0.29) is 26.1 Å². The van der Waals surface area contributed by atoms with Crippen molar-refractivity contribution in [3.05, 3.63) is 0 Å². The minimum Gasteiger partial charge on any atom is -0.756 e. The molecule has 0 aliphatic carbocycles. The van der Waals surface area contributed by atoms with Gasteiger partial charge in [0, 0.05) is 12.8 Å². The summed E-state index contributed by atoms with van der Waals surface area (Å²) >= 11 is 0. The first-order valence-corrected chi connectivity index (χ1v) is 16.7. The van der Waals surface area contributed by atoms with Gasteiger partial charge in [-0.25, -0.2) is 0 Å². The van der Waals surface area contributed by atoms with Crippen LogP contribution in [-0.4, -0.2) is 70.0 Å². The molecule has 9 nitrogen and oxygen atoms in total. The number of nitrogens with zero attached hydrogens (tertiary/aromatic N) is 1. The van der Waals surface area contributed by atoms with Crippen LogP contribution in [0.3, 0.4) is 0 Å². The zero-order valence-electron chi connectivity index (χ0n) is 25.6. The number of hydrogen-bond donors (Lipinski definition) is 0. The molecular formula is C29H58NO8P. The molecule has 0 rings (SSSR count). The molecule has 0 N–H and O–H groups in total. The fourth-order valence-electron chi connectivity index (χ4n) is 3.87. The van der Waals surface area contributed by atoms with E-state index in [4.69, 9.17) is 18.5 Å². The summed E-state index contributed by atoms with van der Waals surface area (Å²) in [6.45, 7) is 3.92. The number of hydrogen-bond acceptors (Lipinski definition) is 8. The monoisotopic (exact) mass is 579 g/mol. The molecule has 0 heterocycles. The van der Waals surface area contributed by atoms with E-state index in [9.17, 15) is 19.0 Å². The number of phosphoric acid groups is 1. The lowest BCUT2D eigenvalue weighted by atomic mass is 10.0. The van der Waals surface area contributed by atoms with E-state index in [0.29, 0.717) is 17.4 Å². The molecule has 39 heavy (non-hydrogen) atoms. The van der Waals surface area contributed by atoms with E-state index in [1.54, 1.807) is 0 Å². The summed E-state index contributed by atoms with van der Waals surface area (Å²) in [5, 5.41) is 0. The Morgan fingerprint density at radius 3 is 1.69 bits per heavy atom. The Bertz CT molecular complexity index is 668. The smallest absolute Gasteiger partial charge is 0.306 e. The standard InChI is InChI=1S/C29H58NO8P/c1-6-8-10-11-12-13-14-15-16-17-18-19-20-22-28(31)35-25-27(38-29(32)21-9-7-2)26-37-39(33,34)36-24-23-30(3,4)5/h27H,6-26H2,1-5H3/t27-/m1/s1. The Kier molecular flexibility index (Phi) is 23.1. The molecule has 0 fully saturated rings. The molecular weight excluding hydrogens is 521 g/mol. The lowest BCUT2D eigenvalue weighted by Gasteiger charge is -2.28. The van der Waals surface area contributed by atoms with Gasteiger partial charge in [-0.3, -0.25) is 14.2 Å². The SMILES string of the molecule is CCCCCCCCCCCCCCCC(=O)OC[C@H](COP(=O)([O-])OCC[N+](C)(C)C)OC(=O)CCCC. The topological polar surface area (TPSA) is 111 Å². The minimum absolute atomic E-state index is 0.0284. The van der Waals surface area contributed by atoms with Gasteiger partial charge in [0.15, 0.2) is 6.10 Å². The number of rotatable bonds is 27. The molecule has 2 atom stereocenters. The number of carbonyl (C=O) groups excluding carboxylic acids is 2. The van der Waals surface area contributed by atoms with Crippen molar-refractivity contribution in [3.8, 4) is 0 Å². The Balaban J connectivity index is 4.21. The molecule has 10 heteroatoms. The normalized spacial score (nSPS) is 14.1. The van der Waals surface area contributed by atoms with Gasteiger partial charge in [-0.1, -0.05) is 97.3 Å². The lowest BCUT2D eigenvalue weighted by molar-refractivity contribution is -0.870. The maximum atomic E-state index is 12.2. The van der Waals surface area contributed by atoms with Crippen LogP contribution in [0, 0.1) is 0 Å². The zero-order valence-corrected chi connectivity index (χ0v) is 26.5. The molecule has 0 aromatic carbocycles. The average Bonchev–Trinajstić information content (AvgIpc) is 2.86. The van der Waals surface area contributed by atoms with Crippen LogP contribution in [0.2, 0.25) is 0 Å². The Labute approximate surface area is 238 Å². The van der Waals surface area contributed by atoms with E-state index in [0.717, 1.165) is 25.7 Å². The molecule has 0 saturated heterocycles. The van der Waals surface area contributed by atoms with E-state index in [1.807, 2.05) is 28.1 Å². The number of unbranched alkanes of at least 4 members (excludes halogenated alkanes) is 13. The van der Waals surface area contributed by atoms with Gasteiger partial charge in [0.2, 0.25) is 0 Å². The molecule has 0 bridgehead atoms. The lowest BCUT2D eigenvalue weighted by Crippen LogP contribution is -2.37. The molecule has 0 aliphatic rings. The van der Waals surface area contributed by atoms with Crippen molar-refractivity contribution in [2.24, 2.45) is 0 Å². The van der Waals surface area contributed by atoms with Gasteiger partial charge >= 0.3 is 11.9 Å². The number of likely N-dealkylation sites (N-methyl/N-ethyl adjacent to an activating group) is 1. The molecule has 1 unspecified atom stereocenters. The summed E-state index contributed by atoms with van der Waals surface area (Å²) < 4.78 is 33.0. The highest BCUT2D eigenvalue weighted by molar-refractivity contribution is 7.45. The van der Waals surface area contributed by atoms with Crippen molar-refractivity contribution >= 4 is 19.8 Å². The highest BCUT2D eigenvalue weighted by Crippen LogP contribution is 2.38. The van der Waals surface area contributed by atoms with Gasteiger partial charge in [-0.2, -0.15) is 0 Å². The number of ether oxygens (including phenoxy) is 2. The largest absolute Gasteiger partial charge is 0.756 e. The molecule has 0 aliphatic heterocycles. The zero-order chi connectivity index (χ0) is 29.4. The van der Waals surface area contributed by atoms with Crippen molar-refractivity contribution in [1.29, 1.82) is 0 Å². The van der Waals surface area contributed by atoms with Crippen molar-refractivity contribution < 1.29 is 42.1 Å². The fourth-order valence-corrected chi connectivity index (χ4v) is 4.59. The van der Waals surface area contributed by atoms with E-state index < -0.39 is 32.5 Å². The van der Waals surface area contributed by atoms with E-state index >= 15 is 0 Å². The van der Waals surface area contributed by atoms with Crippen molar-refractivity contribution in [3.63, 3.8) is 0 Å². The average molecular weight is 580 g/mol. The third-order valence-corrected chi connectivity index (χ3v) is 7.34. The fraction of sp³-hybridized carbons (Fsp3) is 0.931. The molecule has 0 aromatic rings. The van der Waals surface area contributed by atoms with Crippen molar-refractivity contribution in [2.45, 2.75) is 129 Å². The summed E-state index contributed by atoms with van der Waals surface area (Å²) in [5.74, 6) is -0.873. The second-order valence-electron chi connectivity index (χ2n) is 11.5. The highest BCUT2D eigenvalue weighted by atomic mass is 31.2. The molecule has 232 valence electrons. The summed E-state index contributed by atoms with van der Waals surface area (Å²) in [5.41, 5.74) is 0. The molecule has 0 spiro atoms. The summed E-state index contributed by atoms with van der Waals surface area (Å²) in [6, 6.07) is 0. The van der Waals surface area contributed by atoms with Gasteiger partial charge in [-0.05, 0) is 12.8 Å². The van der Waals surface area contributed by atoms with Crippen LogP contribution in [0.4, 0.5) is 0 Å². The summed E-state index contributed by atoms with van der Waals surface area (Å²) in [4.78, 5) is 36.4. The summed E-state index contributed by atoms with van der Waals surface area (Å²) in [7, 11) is 1.16. The number of phosphoric ester groups is 1. The minimum atomic E-state index is -4.58. The Morgan fingerprint density at radius 1 is 0.692 bits per heavy atom. The first-order valence-electron chi connectivity index (χ1n) is 15.2. The first-order chi connectivity index (χ1) is 18.5. The predicted molar refractivity (Wildman–Crippen MR) is 153 cm³/mol. The third-order valence-electron chi connectivity index (χ3n) is 6.38. The van der Waals surface area contributed by atoms with Crippen molar-refractivity contribution in [2.75, 3.05) is 47.5 Å². The van der Waals surface area contributed by atoms with Crippen LogP contribution in [0.1, 0.15) is 123 Å². The second kappa shape index (κ2) is 23.7. The van der Waals surface area contributed by atoms with E-state index in [2.05, 4.69) is 6.92 Å². The molecule has 0 aromatic heterocycles. The van der Waals surface area contributed by atoms with Crippen molar-refractivity contribution in [1.82, 2.24) is 0 Å². The van der Waals surface area contributed by atoms with Crippen LogP contribution in [0.5, 0.6) is 0 Å². The van der Waals surface area contributed by atoms with Gasteiger partial charge in [0.1, 0.15) is 19.8 Å². The molecule has 0 saturated carbocycles. The molecule has 0 radical (unpaired) electrons. The van der Waals surface area contributed by atoms with Crippen LogP contribution in [-0.2, 0) is 32.7 Å². The maximum Gasteiger partial charge on any atom is 0.306 e. The van der Waals surface area contributed by atoms with Crippen LogP contribution in [0.15, 0.2) is 0 Å². The van der Waals surface area contributed by atoms with Crippen LogP contribution >= 0.6 is 7.82 Å². The first kappa shape index (κ1) is 38.0. The number of carbonyl (C=O) groups is 2. The summed E-state index contributed by atoms with van der Waals surface area (Å²) in [6.07, 6.45) is 16.8. The maximum absolute atomic E-state index is 12.2. The highest BCUT2D eigenvalue weighted by Gasteiger charge is 2.21. The van der Waals surface area contributed by atoms with E-state index in [1.165, 1.54) is 64.2 Å². The second-order valence-corrected chi connectivity index (χ2v) is 12.9. The third kappa shape index (κ3) is 27.0. The van der Waals surface area contributed by atoms with Gasteiger partial charge < -0.3 is 27.9 Å². The number of quaternary nitrogens is 1. The van der Waals surface area contributed by atoms with Gasteiger partial charge in [0.05, 0.1) is 27.7 Å². The van der Waals surface area contributed by atoms with Gasteiger partial charge in [-0.15, -0.1) is 0 Å². The quantitative estimate of drug-likeness (QED) is 0.0481. The van der Waals surface area contributed by atoms with Crippen LogP contribution in [0.25, 0.3) is 0 Å². The molecule has 0 amide bonds. The predicted octanol–water partition coefficient (Wildman–Crippen LogP) is 6.32. The van der Waals surface area contributed by atoms with Gasteiger partial charge in [0.25, 0.3) is 7.82 Å². The Morgan fingerprint density at radius 2 is 1.18 bits per heavy atom. The van der Waals surface area contributed by atoms with Crippen LogP contribution < -0.4 is 4.89 Å². The Hall–Kier alpha value is -0.990.